The van der Waals surface area contributed by atoms with Crippen LogP contribution in [-0.2, 0) is 18.3 Å². The van der Waals surface area contributed by atoms with Gasteiger partial charge in [0.25, 0.3) is 0 Å². The number of carbonyl (C=O) groups is 1. The number of imidazole rings is 1. The van der Waals surface area contributed by atoms with Gasteiger partial charge in [-0.05, 0) is 31.0 Å². The molecule has 4 nitrogen and oxygen atoms in total. The third kappa shape index (κ3) is 2.40. The summed E-state index contributed by atoms with van der Waals surface area (Å²) < 4.78 is 1.94. The molecule has 0 aliphatic rings. The number of rotatable bonds is 4. The fourth-order valence-corrected chi connectivity index (χ4v) is 2.40. The number of carboxylic acids is 1. The molecule has 1 aromatic carbocycles. The zero-order chi connectivity index (χ0) is 15.1. The van der Waals surface area contributed by atoms with Gasteiger partial charge in [-0.25, -0.2) is 4.98 Å². The van der Waals surface area contributed by atoms with Crippen LogP contribution < -0.4 is 0 Å². The second kappa shape index (κ2) is 5.09. The number of halogens is 1. The van der Waals surface area contributed by atoms with Crippen molar-refractivity contribution in [3.63, 3.8) is 0 Å². The molecule has 0 spiro atoms. The number of hydrogen-bond donors (Lipinski definition) is 1. The van der Waals surface area contributed by atoms with Crippen molar-refractivity contribution in [1.29, 1.82) is 0 Å². The lowest BCUT2D eigenvalue weighted by Gasteiger charge is -2.28. The van der Waals surface area contributed by atoms with E-state index >= 15 is 0 Å². The van der Waals surface area contributed by atoms with Gasteiger partial charge in [-0.3, -0.25) is 4.79 Å². The number of aryl methyl sites for hydroxylation is 1. The van der Waals surface area contributed by atoms with Crippen LogP contribution in [0.5, 0.6) is 0 Å². The Hall–Kier alpha value is -1.55. The van der Waals surface area contributed by atoms with Crippen LogP contribution in [0.4, 0.5) is 0 Å². The first-order chi connectivity index (χ1) is 9.25. The summed E-state index contributed by atoms with van der Waals surface area (Å²) in [5.41, 5.74) is 0.922. The molecule has 2 aromatic rings. The van der Waals surface area contributed by atoms with Crippen molar-refractivity contribution in [3.05, 3.63) is 29.0 Å². The number of aromatic nitrogens is 2. The molecule has 0 amide bonds. The summed E-state index contributed by atoms with van der Waals surface area (Å²) >= 11 is 5.97. The largest absolute Gasteiger partial charge is 0.481 e. The van der Waals surface area contributed by atoms with Crippen molar-refractivity contribution in [2.75, 3.05) is 0 Å². The second-order valence-electron chi connectivity index (χ2n) is 5.77. The molecule has 0 bridgehead atoms. The number of benzene rings is 1. The number of hydrogen-bond acceptors (Lipinski definition) is 2. The van der Waals surface area contributed by atoms with Crippen LogP contribution in [-0.4, -0.2) is 20.6 Å². The van der Waals surface area contributed by atoms with E-state index in [-0.39, 0.29) is 5.92 Å². The zero-order valence-corrected chi connectivity index (χ0v) is 12.9. The SMILES string of the molecule is CC(C)C(C)(Cc1nc2cc(Cl)ccc2n1C)C(=O)O. The van der Waals surface area contributed by atoms with E-state index in [0.717, 1.165) is 16.9 Å². The lowest BCUT2D eigenvalue weighted by molar-refractivity contribution is -0.150. The van der Waals surface area contributed by atoms with Crippen LogP contribution in [0.3, 0.4) is 0 Å². The molecule has 108 valence electrons. The predicted octanol–water partition coefficient (Wildman–Crippen LogP) is 3.52. The fourth-order valence-electron chi connectivity index (χ4n) is 2.24. The van der Waals surface area contributed by atoms with Crippen molar-refractivity contribution in [1.82, 2.24) is 9.55 Å². The molecule has 20 heavy (non-hydrogen) atoms. The van der Waals surface area contributed by atoms with Gasteiger partial charge in [-0.2, -0.15) is 0 Å². The monoisotopic (exact) mass is 294 g/mol. The van der Waals surface area contributed by atoms with Crippen LogP contribution in [0.2, 0.25) is 5.02 Å². The molecule has 1 N–H and O–H groups in total. The Morgan fingerprint density at radius 2 is 2.15 bits per heavy atom. The molecule has 0 saturated carbocycles. The summed E-state index contributed by atoms with van der Waals surface area (Å²) in [7, 11) is 1.90. The van der Waals surface area contributed by atoms with Gasteiger partial charge in [0.15, 0.2) is 0 Å². The van der Waals surface area contributed by atoms with Crippen LogP contribution in [0.1, 0.15) is 26.6 Å². The highest BCUT2D eigenvalue weighted by Crippen LogP contribution is 2.32. The number of aliphatic carboxylic acids is 1. The minimum absolute atomic E-state index is 0.0170. The molecule has 1 unspecified atom stereocenters. The van der Waals surface area contributed by atoms with Crippen molar-refractivity contribution < 1.29 is 9.90 Å². The average molecular weight is 295 g/mol. The Labute approximate surface area is 123 Å². The van der Waals surface area contributed by atoms with Crippen LogP contribution in [0, 0.1) is 11.3 Å². The van der Waals surface area contributed by atoms with Gasteiger partial charge in [0, 0.05) is 18.5 Å². The molecule has 0 fully saturated rings. The number of carboxylic acid groups (broad SMARTS) is 1. The first-order valence-electron chi connectivity index (χ1n) is 6.60. The van der Waals surface area contributed by atoms with E-state index in [0.29, 0.717) is 11.4 Å². The topological polar surface area (TPSA) is 55.1 Å². The molecule has 2 rings (SSSR count). The van der Waals surface area contributed by atoms with Crippen molar-refractivity contribution >= 4 is 28.6 Å². The summed E-state index contributed by atoms with van der Waals surface area (Å²) in [5, 5.41) is 10.1. The maximum absolute atomic E-state index is 11.6. The van der Waals surface area contributed by atoms with Crippen LogP contribution in [0.25, 0.3) is 11.0 Å². The van der Waals surface area contributed by atoms with Gasteiger partial charge < -0.3 is 9.67 Å². The summed E-state index contributed by atoms with van der Waals surface area (Å²) in [4.78, 5) is 16.1. The van der Waals surface area contributed by atoms with E-state index < -0.39 is 11.4 Å². The third-order valence-electron chi connectivity index (χ3n) is 4.22. The van der Waals surface area contributed by atoms with Gasteiger partial charge >= 0.3 is 5.97 Å². The molecule has 5 heteroatoms. The summed E-state index contributed by atoms with van der Waals surface area (Å²) in [5.74, 6) is -0.0122. The number of fused-ring (bicyclic) bond motifs is 1. The minimum Gasteiger partial charge on any atom is -0.481 e. The third-order valence-corrected chi connectivity index (χ3v) is 4.46. The van der Waals surface area contributed by atoms with Gasteiger partial charge in [0.05, 0.1) is 16.4 Å². The van der Waals surface area contributed by atoms with Crippen molar-refractivity contribution in [2.45, 2.75) is 27.2 Å². The Balaban J connectivity index is 2.48. The maximum Gasteiger partial charge on any atom is 0.310 e. The summed E-state index contributed by atoms with van der Waals surface area (Å²) in [6, 6.07) is 5.52. The Kier molecular flexibility index (Phi) is 3.78. The molecule has 1 atom stereocenters. The van der Waals surface area contributed by atoms with Crippen LogP contribution in [0.15, 0.2) is 18.2 Å². The smallest absolute Gasteiger partial charge is 0.310 e. The molecule has 1 aromatic heterocycles. The van der Waals surface area contributed by atoms with Gasteiger partial charge in [0.2, 0.25) is 0 Å². The molecular formula is C15H19ClN2O2. The second-order valence-corrected chi connectivity index (χ2v) is 6.21. The molecule has 0 radical (unpaired) electrons. The predicted molar refractivity (Wildman–Crippen MR) is 80.0 cm³/mol. The highest BCUT2D eigenvalue weighted by atomic mass is 35.5. The highest BCUT2D eigenvalue weighted by Gasteiger charge is 2.38. The lowest BCUT2D eigenvalue weighted by atomic mass is 9.76. The van der Waals surface area contributed by atoms with E-state index in [9.17, 15) is 9.90 Å². The molecular weight excluding hydrogens is 276 g/mol. The van der Waals surface area contributed by atoms with Crippen molar-refractivity contribution in [2.24, 2.45) is 18.4 Å². The zero-order valence-electron chi connectivity index (χ0n) is 12.1. The normalized spacial score (nSPS) is 14.7. The molecule has 0 saturated heterocycles. The van der Waals surface area contributed by atoms with E-state index in [1.54, 1.807) is 13.0 Å². The lowest BCUT2D eigenvalue weighted by Crippen LogP contribution is -2.36. The quantitative estimate of drug-likeness (QED) is 0.938. The Morgan fingerprint density at radius 1 is 1.50 bits per heavy atom. The number of nitrogens with zero attached hydrogens (tertiary/aromatic N) is 2. The molecule has 0 aliphatic carbocycles. The van der Waals surface area contributed by atoms with E-state index in [1.165, 1.54) is 0 Å². The first-order valence-corrected chi connectivity index (χ1v) is 6.97. The minimum atomic E-state index is -0.834. The van der Waals surface area contributed by atoms with E-state index in [1.807, 2.05) is 37.6 Å². The standard InChI is InChI=1S/C15H19ClN2O2/c1-9(2)15(3,14(19)20)8-13-17-11-7-10(16)5-6-12(11)18(13)4/h5-7,9H,8H2,1-4H3,(H,19,20). The summed E-state index contributed by atoms with van der Waals surface area (Å²) in [6.07, 6.45) is 0.392. The van der Waals surface area contributed by atoms with E-state index in [4.69, 9.17) is 11.6 Å². The van der Waals surface area contributed by atoms with Gasteiger partial charge in [0.1, 0.15) is 5.82 Å². The Morgan fingerprint density at radius 3 is 2.70 bits per heavy atom. The molecule has 0 aliphatic heterocycles. The summed E-state index contributed by atoms with van der Waals surface area (Å²) in [6.45, 7) is 5.62. The average Bonchev–Trinajstić information content (AvgIpc) is 2.65. The first kappa shape index (κ1) is 14.9. The van der Waals surface area contributed by atoms with Crippen LogP contribution >= 0.6 is 11.6 Å². The van der Waals surface area contributed by atoms with Gasteiger partial charge in [-0.1, -0.05) is 25.4 Å². The Bertz CT molecular complexity index is 663. The van der Waals surface area contributed by atoms with E-state index in [2.05, 4.69) is 4.98 Å². The van der Waals surface area contributed by atoms with Gasteiger partial charge in [-0.15, -0.1) is 0 Å². The molecule has 1 heterocycles. The fraction of sp³-hybridized carbons (Fsp3) is 0.467. The maximum atomic E-state index is 11.6. The highest BCUT2D eigenvalue weighted by molar-refractivity contribution is 6.31. The van der Waals surface area contributed by atoms with Crippen molar-refractivity contribution in [3.8, 4) is 0 Å².